The lowest BCUT2D eigenvalue weighted by molar-refractivity contribution is -0.116. The van der Waals surface area contributed by atoms with Crippen LogP contribution in [0.2, 0.25) is 0 Å². The Morgan fingerprint density at radius 3 is 2.62 bits per heavy atom. The van der Waals surface area contributed by atoms with Gasteiger partial charge < -0.3 is 9.88 Å². The molecule has 0 fully saturated rings. The highest BCUT2D eigenvalue weighted by Crippen LogP contribution is 2.28. The lowest BCUT2D eigenvalue weighted by Crippen LogP contribution is -2.19. The molecule has 0 spiro atoms. The maximum absolute atomic E-state index is 12.5. The highest BCUT2D eigenvalue weighted by atomic mass is 32.1. The highest BCUT2D eigenvalue weighted by Gasteiger charge is 2.21. The van der Waals surface area contributed by atoms with Gasteiger partial charge in [-0.3, -0.25) is 4.79 Å². The second-order valence-corrected chi connectivity index (χ2v) is 8.38. The topological polar surface area (TPSA) is 46.9 Å². The number of hydrogen-bond acceptors (Lipinski definition) is 4. The minimum Gasteiger partial charge on any atom is -0.346 e. The standard InChI is InChI=1S/C18H21N3OS2/c1-18(2,3)15-12-24-17(19-15)20-16(22)10-14(13-6-9-23-11-13)21-7-4-5-8-21/h4-9,11-12,14H,10H2,1-3H3,(H,19,20,22). The molecule has 1 N–H and O–H groups in total. The summed E-state index contributed by atoms with van der Waals surface area (Å²) in [6, 6.07) is 6.04. The zero-order chi connectivity index (χ0) is 17.2. The summed E-state index contributed by atoms with van der Waals surface area (Å²) in [5.41, 5.74) is 2.15. The van der Waals surface area contributed by atoms with Gasteiger partial charge in [0.15, 0.2) is 5.13 Å². The van der Waals surface area contributed by atoms with E-state index in [9.17, 15) is 4.79 Å². The SMILES string of the molecule is CC(C)(C)c1csc(NC(=O)CC(c2ccsc2)n2cccc2)n1. The maximum atomic E-state index is 12.5. The summed E-state index contributed by atoms with van der Waals surface area (Å²) >= 11 is 3.13. The summed E-state index contributed by atoms with van der Waals surface area (Å²) in [5.74, 6) is -0.0188. The zero-order valence-corrected chi connectivity index (χ0v) is 15.7. The van der Waals surface area contributed by atoms with Crippen LogP contribution in [0.4, 0.5) is 5.13 Å². The summed E-state index contributed by atoms with van der Waals surface area (Å²) in [4.78, 5) is 17.1. The van der Waals surface area contributed by atoms with E-state index < -0.39 is 0 Å². The summed E-state index contributed by atoms with van der Waals surface area (Å²) < 4.78 is 2.07. The molecule has 3 rings (SSSR count). The molecule has 0 saturated heterocycles. The molecule has 4 nitrogen and oxygen atoms in total. The van der Waals surface area contributed by atoms with Gasteiger partial charge in [0.1, 0.15) is 0 Å². The van der Waals surface area contributed by atoms with E-state index in [0.29, 0.717) is 11.6 Å². The fourth-order valence-corrected chi connectivity index (χ4v) is 4.10. The van der Waals surface area contributed by atoms with Crippen LogP contribution in [0.5, 0.6) is 0 Å². The monoisotopic (exact) mass is 359 g/mol. The van der Waals surface area contributed by atoms with E-state index in [4.69, 9.17) is 0 Å². The van der Waals surface area contributed by atoms with Crippen LogP contribution in [0.3, 0.4) is 0 Å². The number of carbonyl (C=O) groups is 1. The maximum Gasteiger partial charge on any atom is 0.228 e. The molecule has 0 bridgehead atoms. The van der Waals surface area contributed by atoms with E-state index in [1.54, 1.807) is 11.3 Å². The van der Waals surface area contributed by atoms with Crippen LogP contribution in [0.25, 0.3) is 0 Å². The predicted octanol–water partition coefficient (Wildman–Crippen LogP) is 4.92. The number of hydrogen-bond donors (Lipinski definition) is 1. The van der Waals surface area contributed by atoms with Crippen molar-refractivity contribution in [2.45, 2.75) is 38.6 Å². The Hall–Kier alpha value is -1.92. The highest BCUT2D eigenvalue weighted by molar-refractivity contribution is 7.14. The van der Waals surface area contributed by atoms with Crippen LogP contribution >= 0.6 is 22.7 Å². The molecule has 1 amide bonds. The molecule has 1 unspecified atom stereocenters. The van der Waals surface area contributed by atoms with Gasteiger partial charge in [-0.2, -0.15) is 11.3 Å². The van der Waals surface area contributed by atoms with Crippen LogP contribution < -0.4 is 5.32 Å². The molecule has 0 aromatic carbocycles. The van der Waals surface area contributed by atoms with Crippen molar-refractivity contribution in [1.82, 2.24) is 9.55 Å². The summed E-state index contributed by atoms with van der Waals surface area (Å²) in [6.07, 6.45) is 4.38. The molecule has 3 aromatic rings. The van der Waals surface area contributed by atoms with Gasteiger partial charge in [-0.25, -0.2) is 4.98 Å². The van der Waals surface area contributed by atoms with Crippen molar-refractivity contribution in [3.05, 3.63) is 58.0 Å². The van der Waals surface area contributed by atoms with Crippen LogP contribution in [-0.4, -0.2) is 15.5 Å². The van der Waals surface area contributed by atoms with Crippen LogP contribution in [0.1, 0.15) is 44.5 Å². The third-order valence-electron chi connectivity index (χ3n) is 3.81. The number of thiophene rings is 1. The molecule has 3 heterocycles. The second kappa shape index (κ2) is 6.91. The molecular formula is C18H21N3OS2. The Labute approximate surface area is 150 Å². The van der Waals surface area contributed by atoms with Gasteiger partial charge >= 0.3 is 0 Å². The number of aromatic nitrogens is 2. The van der Waals surface area contributed by atoms with Crippen molar-refractivity contribution in [3.8, 4) is 0 Å². The number of thiazole rings is 1. The van der Waals surface area contributed by atoms with Gasteiger partial charge in [-0.1, -0.05) is 20.8 Å². The van der Waals surface area contributed by atoms with Gasteiger partial charge in [0.2, 0.25) is 5.91 Å². The minimum absolute atomic E-state index is 0.00768. The lowest BCUT2D eigenvalue weighted by Gasteiger charge is -2.17. The molecule has 0 aliphatic carbocycles. The number of nitrogens with zero attached hydrogens (tertiary/aromatic N) is 2. The number of nitrogens with one attached hydrogen (secondary N) is 1. The van der Waals surface area contributed by atoms with Crippen molar-refractivity contribution in [3.63, 3.8) is 0 Å². The second-order valence-electron chi connectivity index (χ2n) is 6.74. The van der Waals surface area contributed by atoms with Crippen LogP contribution in [0.15, 0.2) is 46.7 Å². The third-order valence-corrected chi connectivity index (χ3v) is 5.27. The van der Waals surface area contributed by atoms with Crippen LogP contribution in [0, 0.1) is 0 Å². The van der Waals surface area contributed by atoms with Crippen molar-refractivity contribution in [1.29, 1.82) is 0 Å². The average Bonchev–Trinajstić information content (AvgIpc) is 3.25. The van der Waals surface area contributed by atoms with Gasteiger partial charge in [0.25, 0.3) is 0 Å². The summed E-state index contributed by atoms with van der Waals surface area (Å²) in [6.45, 7) is 6.35. The summed E-state index contributed by atoms with van der Waals surface area (Å²) in [7, 11) is 0. The molecule has 24 heavy (non-hydrogen) atoms. The van der Waals surface area contributed by atoms with Gasteiger partial charge in [-0.05, 0) is 34.5 Å². The summed E-state index contributed by atoms with van der Waals surface area (Å²) in [5, 5.41) is 9.77. The molecule has 6 heteroatoms. The van der Waals surface area contributed by atoms with Gasteiger partial charge in [-0.15, -0.1) is 11.3 Å². The number of rotatable bonds is 5. The zero-order valence-electron chi connectivity index (χ0n) is 14.0. The Balaban J connectivity index is 1.71. The average molecular weight is 360 g/mol. The van der Waals surface area contributed by atoms with E-state index >= 15 is 0 Å². The van der Waals surface area contributed by atoms with Gasteiger partial charge in [0.05, 0.1) is 18.2 Å². The molecule has 126 valence electrons. The first-order valence-electron chi connectivity index (χ1n) is 7.84. The Bertz CT molecular complexity index is 748. The van der Waals surface area contributed by atoms with Crippen molar-refractivity contribution in [2.75, 3.05) is 5.32 Å². The van der Waals surface area contributed by atoms with E-state index in [1.807, 2.05) is 35.3 Å². The molecule has 3 aromatic heterocycles. The Kier molecular flexibility index (Phi) is 4.87. The van der Waals surface area contributed by atoms with Crippen molar-refractivity contribution in [2.24, 2.45) is 0 Å². The normalized spacial score (nSPS) is 13.0. The lowest BCUT2D eigenvalue weighted by atomic mass is 9.93. The smallest absolute Gasteiger partial charge is 0.228 e. The number of amides is 1. The molecule has 0 saturated carbocycles. The van der Waals surface area contributed by atoms with Crippen molar-refractivity contribution < 1.29 is 4.79 Å². The molecule has 1 atom stereocenters. The molecule has 0 aliphatic rings. The molecule has 0 aliphatic heterocycles. The fraction of sp³-hybridized carbons (Fsp3) is 0.333. The first kappa shape index (κ1) is 16.9. The number of anilines is 1. The van der Waals surface area contributed by atoms with Crippen LogP contribution in [-0.2, 0) is 10.2 Å². The first-order chi connectivity index (χ1) is 11.4. The molecule has 0 radical (unpaired) electrons. The van der Waals surface area contributed by atoms with E-state index in [2.05, 4.69) is 47.1 Å². The largest absolute Gasteiger partial charge is 0.346 e. The quantitative estimate of drug-likeness (QED) is 0.703. The Morgan fingerprint density at radius 1 is 1.29 bits per heavy atom. The van der Waals surface area contributed by atoms with E-state index in [1.165, 1.54) is 11.3 Å². The predicted molar refractivity (Wildman–Crippen MR) is 101 cm³/mol. The van der Waals surface area contributed by atoms with Gasteiger partial charge in [0, 0.05) is 23.2 Å². The fourth-order valence-electron chi connectivity index (χ4n) is 2.44. The van der Waals surface area contributed by atoms with E-state index in [-0.39, 0.29) is 17.4 Å². The molecular weight excluding hydrogens is 338 g/mol. The first-order valence-corrected chi connectivity index (χ1v) is 9.66. The Morgan fingerprint density at radius 2 is 2.04 bits per heavy atom. The minimum atomic E-state index is -0.0188. The van der Waals surface area contributed by atoms with E-state index in [0.717, 1.165) is 11.3 Å². The third kappa shape index (κ3) is 3.94. The number of carbonyl (C=O) groups excluding carboxylic acids is 1. The van der Waals surface area contributed by atoms with Crippen molar-refractivity contribution >= 4 is 33.7 Å².